The van der Waals surface area contributed by atoms with Crippen molar-refractivity contribution in [3.63, 3.8) is 0 Å². The van der Waals surface area contributed by atoms with Gasteiger partial charge in [0.15, 0.2) is 0 Å². The molecule has 3 nitrogen and oxygen atoms in total. The molecule has 1 heterocycles. The number of nitrogens with zero attached hydrogens (tertiary/aromatic N) is 1. The average Bonchev–Trinajstić information content (AvgIpc) is 2.40. The Bertz CT molecular complexity index is 605. The van der Waals surface area contributed by atoms with Crippen molar-refractivity contribution in [3.8, 4) is 5.75 Å². The summed E-state index contributed by atoms with van der Waals surface area (Å²) in [5.74, 6) is 0.610. The number of halogens is 3. The first kappa shape index (κ1) is 15.4. The van der Waals surface area contributed by atoms with Gasteiger partial charge in [-0.3, -0.25) is 4.98 Å². The summed E-state index contributed by atoms with van der Waals surface area (Å²) in [5, 5.41) is 4.68. The molecule has 1 N–H and O–H groups in total. The largest absolute Gasteiger partial charge is 0.487 e. The number of nitrogens with one attached hydrogen (secondary N) is 1. The lowest BCUT2D eigenvalue weighted by molar-refractivity contribution is 0.302. The Kier molecular flexibility index (Phi) is 5.49. The summed E-state index contributed by atoms with van der Waals surface area (Å²) >= 11 is 18.2. The van der Waals surface area contributed by atoms with Crippen LogP contribution in [-0.2, 0) is 13.2 Å². The fraction of sp³-hybridized carbons (Fsp3) is 0.214. The maximum Gasteiger partial charge on any atom is 0.142 e. The summed E-state index contributed by atoms with van der Waals surface area (Å²) in [6.45, 7) is 0.930. The van der Waals surface area contributed by atoms with Gasteiger partial charge in [0.2, 0.25) is 0 Å². The van der Waals surface area contributed by atoms with Crippen molar-refractivity contribution in [1.29, 1.82) is 0 Å². The van der Waals surface area contributed by atoms with Gasteiger partial charge in [-0.1, -0.05) is 34.8 Å². The number of pyridine rings is 1. The summed E-state index contributed by atoms with van der Waals surface area (Å²) in [6.07, 6.45) is 3.25. The number of benzene rings is 1. The Morgan fingerprint density at radius 2 is 1.95 bits per heavy atom. The molecule has 2 aromatic rings. The maximum absolute atomic E-state index is 6.19. The first-order valence-corrected chi connectivity index (χ1v) is 7.09. The number of rotatable bonds is 5. The van der Waals surface area contributed by atoms with E-state index in [1.54, 1.807) is 18.5 Å². The van der Waals surface area contributed by atoms with E-state index < -0.39 is 0 Å². The lowest BCUT2D eigenvalue weighted by Gasteiger charge is -2.14. The third kappa shape index (κ3) is 3.76. The van der Waals surface area contributed by atoms with Gasteiger partial charge in [-0.25, -0.2) is 0 Å². The second-order valence-corrected chi connectivity index (χ2v) is 5.41. The summed E-state index contributed by atoms with van der Waals surface area (Å²) in [6, 6.07) is 5.29. The summed E-state index contributed by atoms with van der Waals surface area (Å²) in [5.41, 5.74) is 1.75. The number of hydrogen-bond donors (Lipinski definition) is 1. The molecule has 0 unspecified atom stereocenters. The highest BCUT2D eigenvalue weighted by molar-refractivity contribution is 6.35. The first-order valence-electron chi connectivity index (χ1n) is 5.95. The molecule has 0 amide bonds. The van der Waals surface area contributed by atoms with E-state index in [1.165, 1.54) is 0 Å². The molecular weight excluding hydrogens is 319 g/mol. The third-order valence-corrected chi connectivity index (χ3v) is 3.52. The Hall–Kier alpha value is -1.00. The highest BCUT2D eigenvalue weighted by atomic mass is 35.5. The second-order valence-electron chi connectivity index (χ2n) is 4.16. The third-order valence-electron chi connectivity index (χ3n) is 2.68. The van der Waals surface area contributed by atoms with Gasteiger partial charge >= 0.3 is 0 Å². The van der Waals surface area contributed by atoms with Crippen LogP contribution >= 0.6 is 34.8 Å². The molecule has 0 spiro atoms. The maximum atomic E-state index is 6.19. The Morgan fingerprint density at radius 1 is 1.15 bits per heavy atom. The number of hydrogen-bond acceptors (Lipinski definition) is 3. The van der Waals surface area contributed by atoms with Gasteiger partial charge in [-0.2, -0.15) is 0 Å². The topological polar surface area (TPSA) is 34.1 Å². The lowest BCUT2D eigenvalue weighted by atomic mass is 10.2. The minimum absolute atomic E-state index is 0.319. The molecule has 1 aromatic carbocycles. The summed E-state index contributed by atoms with van der Waals surface area (Å²) in [4.78, 5) is 3.94. The van der Waals surface area contributed by atoms with Crippen molar-refractivity contribution in [2.24, 2.45) is 0 Å². The number of ether oxygens (including phenoxy) is 1. The zero-order chi connectivity index (χ0) is 14.5. The summed E-state index contributed by atoms with van der Waals surface area (Å²) < 4.78 is 5.80. The molecule has 0 bridgehead atoms. The SMILES string of the molecule is CNCc1cc(Cl)cc(Cl)c1OCc1ccncc1Cl. The zero-order valence-electron chi connectivity index (χ0n) is 10.8. The van der Waals surface area contributed by atoms with E-state index in [4.69, 9.17) is 39.5 Å². The highest BCUT2D eigenvalue weighted by Crippen LogP contribution is 2.33. The smallest absolute Gasteiger partial charge is 0.142 e. The molecule has 106 valence electrons. The van der Waals surface area contributed by atoms with Crippen molar-refractivity contribution >= 4 is 34.8 Å². The van der Waals surface area contributed by atoms with Crippen molar-refractivity contribution in [2.45, 2.75) is 13.2 Å². The minimum atomic E-state index is 0.319. The monoisotopic (exact) mass is 330 g/mol. The molecule has 0 aliphatic heterocycles. The van der Waals surface area contributed by atoms with Gasteiger partial charge in [-0.15, -0.1) is 0 Å². The predicted molar refractivity (Wildman–Crippen MR) is 82.8 cm³/mol. The first-order chi connectivity index (χ1) is 9.61. The molecule has 2 rings (SSSR count). The van der Waals surface area contributed by atoms with Crippen LogP contribution in [0.5, 0.6) is 5.75 Å². The van der Waals surface area contributed by atoms with E-state index in [9.17, 15) is 0 Å². The normalized spacial score (nSPS) is 10.6. The van der Waals surface area contributed by atoms with Gasteiger partial charge in [0.25, 0.3) is 0 Å². The van der Waals surface area contributed by atoms with Crippen LogP contribution in [0.4, 0.5) is 0 Å². The average molecular weight is 332 g/mol. The Morgan fingerprint density at radius 3 is 2.65 bits per heavy atom. The predicted octanol–water partition coefficient (Wildman–Crippen LogP) is 4.34. The van der Waals surface area contributed by atoms with Gasteiger partial charge < -0.3 is 10.1 Å². The van der Waals surface area contributed by atoms with Crippen molar-refractivity contribution in [1.82, 2.24) is 10.3 Å². The molecule has 0 aliphatic rings. The molecule has 0 radical (unpaired) electrons. The molecule has 6 heteroatoms. The highest BCUT2D eigenvalue weighted by Gasteiger charge is 2.11. The van der Waals surface area contributed by atoms with E-state index in [-0.39, 0.29) is 0 Å². The molecule has 0 atom stereocenters. The Balaban J connectivity index is 2.22. The zero-order valence-corrected chi connectivity index (χ0v) is 13.1. The quantitative estimate of drug-likeness (QED) is 0.885. The van der Waals surface area contributed by atoms with E-state index in [0.717, 1.165) is 11.1 Å². The van der Waals surface area contributed by atoms with Gasteiger partial charge in [-0.05, 0) is 25.2 Å². The van der Waals surface area contributed by atoms with Crippen LogP contribution in [0.3, 0.4) is 0 Å². The van der Waals surface area contributed by atoms with Crippen LogP contribution < -0.4 is 10.1 Å². The molecule has 1 aromatic heterocycles. The van der Waals surface area contributed by atoms with E-state index >= 15 is 0 Å². The van der Waals surface area contributed by atoms with Crippen molar-refractivity contribution in [3.05, 3.63) is 56.8 Å². The van der Waals surface area contributed by atoms with Crippen LogP contribution in [0, 0.1) is 0 Å². The summed E-state index contributed by atoms with van der Waals surface area (Å²) in [7, 11) is 1.85. The minimum Gasteiger partial charge on any atom is -0.487 e. The van der Waals surface area contributed by atoms with E-state index in [0.29, 0.717) is 34.0 Å². The molecule has 0 saturated carbocycles. The lowest BCUT2D eigenvalue weighted by Crippen LogP contribution is -2.08. The Labute approximate surface area is 132 Å². The van der Waals surface area contributed by atoms with Crippen LogP contribution in [0.15, 0.2) is 30.6 Å². The molecule has 0 saturated heterocycles. The molecule has 20 heavy (non-hydrogen) atoms. The fourth-order valence-corrected chi connectivity index (χ4v) is 2.53. The van der Waals surface area contributed by atoms with E-state index in [1.807, 2.05) is 19.2 Å². The van der Waals surface area contributed by atoms with Crippen LogP contribution in [0.2, 0.25) is 15.1 Å². The van der Waals surface area contributed by atoms with Crippen molar-refractivity contribution in [2.75, 3.05) is 7.05 Å². The molecule has 0 aliphatic carbocycles. The van der Waals surface area contributed by atoms with Gasteiger partial charge in [0.05, 0.1) is 10.0 Å². The van der Waals surface area contributed by atoms with Crippen LogP contribution in [-0.4, -0.2) is 12.0 Å². The second kappa shape index (κ2) is 7.14. The van der Waals surface area contributed by atoms with Crippen LogP contribution in [0.25, 0.3) is 0 Å². The molecule has 0 fully saturated rings. The van der Waals surface area contributed by atoms with Gasteiger partial charge in [0.1, 0.15) is 12.4 Å². The van der Waals surface area contributed by atoms with Crippen LogP contribution in [0.1, 0.15) is 11.1 Å². The van der Waals surface area contributed by atoms with Crippen molar-refractivity contribution < 1.29 is 4.74 Å². The van der Waals surface area contributed by atoms with E-state index in [2.05, 4.69) is 10.3 Å². The number of aromatic nitrogens is 1. The fourth-order valence-electron chi connectivity index (χ4n) is 1.77. The standard InChI is InChI=1S/C14H13Cl3N2O/c1-18-6-10-4-11(15)5-12(16)14(10)20-8-9-2-3-19-7-13(9)17/h2-5,7,18H,6,8H2,1H3. The molecular formula is C14H13Cl3N2O. The van der Waals surface area contributed by atoms with Gasteiger partial charge in [0, 0.05) is 35.1 Å².